The zero-order chi connectivity index (χ0) is 16.2. The Morgan fingerprint density at radius 1 is 0.708 bits per heavy atom. The summed E-state index contributed by atoms with van der Waals surface area (Å²) in [6.07, 6.45) is 0. The number of nitrogens with one attached hydrogen (secondary N) is 1. The highest BCUT2D eigenvalue weighted by molar-refractivity contribution is 5.77. The Balaban J connectivity index is 1.87. The van der Waals surface area contributed by atoms with Crippen LogP contribution in [0.2, 0.25) is 0 Å². The molecule has 1 N–H and O–H groups in total. The summed E-state index contributed by atoms with van der Waals surface area (Å²) in [6.45, 7) is 0.781. The van der Waals surface area contributed by atoms with Crippen LogP contribution in [0.3, 0.4) is 0 Å². The van der Waals surface area contributed by atoms with Gasteiger partial charge in [0.05, 0.1) is 11.5 Å². The highest BCUT2D eigenvalue weighted by Gasteiger charge is 2.08. The van der Waals surface area contributed by atoms with Crippen LogP contribution in [0.5, 0.6) is 0 Å². The SMILES string of the molecule is c1ccc(C[NH+]=c2cc(-c3ccccc3)oc3ccccc23)cc1. The van der Waals surface area contributed by atoms with Crippen molar-refractivity contribution in [1.29, 1.82) is 0 Å². The van der Waals surface area contributed by atoms with E-state index in [9.17, 15) is 0 Å². The van der Waals surface area contributed by atoms with Gasteiger partial charge in [-0.3, -0.25) is 0 Å². The number of hydrogen-bond acceptors (Lipinski definition) is 1. The maximum atomic E-state index is 6.10. The molecule has 1 aromatic heterocycles. The average molecular weight is 312 g/mol. The lowest BCUT2D eigenvalue weighted by Gasteiger charge is -2.02. The molecule has 1 heterocycles. The van der Waals surface area contributed by atoms with E-state index in [0.717, 1.165) is 34.2 Å². The van der Waals surface area contributed by atoms with Gasteiger partial charge in [-0.25, -0.2) is 4.99 Å². The minimum absolute atomic E-state index is 0.781. The Hall–Kier alpha value is -3.13. The summed E-state index contributed by atoms with van der Waals surface area (Å²) in [5, 5.41) is 2.17. The largest absolute Gasteiger partial charge is 0.456 e. The van der Waals surface area contributed by atoms with E-state index in [1.807, 2.05) is 42.5 Å². The third kappa shape index (κ3) is 2.99. The van der Waals surface area contributed by atoms with Crippen molar-refractivity contribution in [1.82, 2.24) is 0 Å². The van der Waals surface area contributed by atoms with Crippen LogP contribution in [0.25, 0.3) is 22.3 Å². The molecule has 24 heavy (non-hydrogen) atoms. The van der Waals surface area contributed by atoms with Gasteiger partial charge in [-0.15, -0.1) is 0 Å². The minimum Gasteiger partial charge on any atom is -0.456 e. The lowest BCUT2D eigenvalue weighted by Crippen LogP contribution is -2.75. The molecule has 0 radical (unpaired) electrons. The van der Waals surface area contributed by atoms with E-state index < -0.39 is 0 Å². The van der Waals surface area contributed by atoms with Crippen LogP contribution in [-0.2, 0) is 6.54 Å². The van der Waals surface area contributed by atoms with Crippen LogP contribution in [-0.4, -0.2) is 0 Å². The topological polar surface area (TPSA) is 27.1 Å². The molecule has 0 unspecified atom stereocenters. The molecular formula is C22H18NO+. The lowest BCUT2D eigenvalue weighted by molar-refractivity contribution is -0.516. The molecule has 0 aliphatic rings. The Morgan fingerprint density at radius 3 is 2.17 bits per heavy atom. The molecule has 4 rings (SSSR count). The molecule has 4 aromatic rings. The van der Waals surface area contributed by atoms with Crippen LogP contribution < -0.4 is 10.3 Å². The van der Waals surface area contributed by atoms with E-state index in [2.05, 4.69) is 53.5 Å². The molecule has 0 spiro atoms. The van der Waals surface area contributed by atoms with Crippen LogP contribution in [0.4, 0.5) is 0 Å². The molecule has 3 aromatic carbocycles. The van der Waals surface area contributed by atoms with Gasteiger partial charge < -0.3 is 4.42 Å². The predicted octanol–water partition coefficient (Wildman–Crippen LogP) is 3.28. The second-order valence-electron chi connectivity index (χ2n) is 5.73. The van der Waals surface area contributed by atoms with Crippen molar-refractivity contribution < 1.29 is 9.41 Å². The second-order valence-corrected chi connectivity index (χ2v) is 5.73. The maximum Gasteiger partial charge on any atom is 0.213 e. The fourth-order valence-corrected chi connectivity index (χ4v) is 2.82. The quantitative estimate of drug-likeness (QED) is 0.617. The first-order valence-corrected chi connectivity index (χ1v) is 8.09. The van der Waals surface area contributed by atoms with Crippen molar-refractivity contribution >= 4 is 11.0 Å². The van der Waals surface area contributed by atoms with Crippen molar-refractivity contribution in [3.05, 3.63) is 102 Å². The third-order valence-electron chi connectivity index (χ3n) is 4.06. The Kier molecular flexibility index (Phi) is 3.95. The molecular weight excluding hydrogens is 294 g/mol. The van der Waals surface area contributed by atoms with E-state index in [4.69, 9.17) is 4.42 Å². The molecule has 0 fully saturated rings. The van der Waals surface area contributed by atoms with Crippen molar-refractivity contribution in [3.8, 4) is 11.3 Å². The normalized spacial score (nSPS) is 11.8. The second kappa shape index (κ2) is 6.55. The molecule has 116 valence electrons. The first-order chi connectivity index (χ1) is 11.9. The maximum absolute atomic E-state index is 6.10. The highest BCUT2D eigenvalue weighted by atomic mass is 16.3. The lowest BCUT2D eigenvalue weighted by atomic mass is 10.1. The van der Waals surface area contributed by atoms with Crippen LogP contribution in [0.1, 0.15) is 5.56 Å². The van der Waals surface area contributed by atoms with E-state index >= 15 is 0 Å². The van der Waals surface area contributed by atoms with Crippen LogP contribution in [0.15, 0.2) is 95.4 Å². The summed E-state index contributed by atoms with van der Waals surface area (Å²) in [4.78, 5) is 3.55. The van der Waals surface area contributed by atoms with Crippen molar-refractivity contribution in [2.75, 3.05) is 0 Å². The zero-order valence-corrected chi connectivity index (χ0v) is 13.3. The average Bonchev–Trinajstić information content (AvgIpc) is 2.67. The van der Waals surface area contributed by atoms with Gasteiger partial charge in [0.2, 0.25) is 5.36 Å². The molecule has 0 bridgehead atoms. The molecule has 0 saturated carbocycles. The van der Waals surface area contributed by atoms with Crippen molar-refractivity contribution in [2.24, 2.45) is 0 Å². The van der Waals surface area contributed by atoms with E-state index in [1.54, 1.807) is 0 Å². The van der Waals surface area contributed by atoms with E-state index in [-0.39, 0.29) is 0 Å². The van der Waals surface area contributed by atoms with E-state index in [0.29, 0.717) is 0 Å². The summed E-state index contributed by atoms with van der Waals surface area (Å²) < 4.78 is 6.10. The molecule has 0 saturated heterocycles. The van der Waals surface area contributed by atoms with Gasteiger partial charge in [-0.05, 0) is 12.1 Å². The zero-order valence-electron chi connectivity index (χ0n) is 13.3. The number of rotatable bonds is 3. The number of para-hydroxylation sites is 1. The van der Waals surface area contributed by atoms with Gasteiger partial charge in [0.25, 0.3) is 0 Å². The standard InChI is InChI=1S/C22H17NO/c1-3-9-17(10-4-1)16-23-20-15-22(18-11-5-2-6-12-18)24-21-14-8-7-13-19(20)21/h1-15H,16H2/p+1. The smallest absolute Gasteiger partial charge is 0.213 e. The Bertz CT molecular complexity index is 1020. The minimum atomic E-state index is 0.781. The summed E-state index contributed by atoms with van der Waals surface area (Å²) in [5.74, 6) is 0.866. The predicted molar refractivity (Wildman–Crippen MR) is 95.9 cm³/mol. The number of hydrogen-bond donors (Lipinski definition) is 1. The summed E-state index contributed by atoms with van der Waals surface area (Å²) in [5.41, 5.74) is 3.21. The molecule has 0 atom stereocenters. The monoisotopic (exact) mass is 312 g/mol. The van der Waals surface area contributed by atoms with Gasteiger partial charge >= 0.3 is 0 Å². The first-order valence-electron chi connectivity index (χ1n) is 8.09. The van der Waals surface area contributed by atoms with E-state index in [1.165, 1.54) is 5.56 Å². The molecule has 0 aliphatic heterocycles. The fraction of sp³-hybridized carbons (Fsp3) is 0.0455. The summed E-state index contributed by atoms with van der Waals surface area (Å²) >= 11 is 0. The van der Waals surface area contributed by atoms with Crippen molar-refractivity contribution in [3.63, 3.8) is 0 Å². The van der Waals surface area contributed by atoms with Crippen LogP contribution >= 0.6 is 0 Å². The van der Waals surface area contributed by atoms with Crippen LogP contribution in [0, 0.1) is 0 Å². The first kappa shape index (κ1) is 14.5. The van der Waals surface area contributed by atoms with Gasteiger partial charge in [0.1, 0.15) is 11.3 Å². The Labute approximate surface area is 140 Å². The summed E-state index contributed by atoms with van der Waals surface area (Å²) in [7, 11) is 0. The fourth-order valence-electron chi connectivity index (χ4n) is 2.82. The summed E-state index contributed by atoms with van der Waals surface area (Å²) in [6, 6.07) is 30.8. The third-order valence-corrected chi connectivity index (χ3v) is 4.06. The van der Waals surface area contributed by atoms with Gasteiger partial charge in [0.15, 0.2) is 6.54 Å². The number of fused-ring (bicyclic) bond motifs is 1. The molecule has 2 nitrogen and oxygen atoms in total. The van der Waals surface area contributed by atoms with Gasteiger partial charge in [-0.2, -0.15) is 0 Å². The molecule has 2 heteroatoms. The Morgan fingerprint density at radius 2 is 1.38 bits per heavy atom. The van der Waals surface area contributed by atoms with Gasteiger partial charge in [0, 0.05) is 11.1 Å². The highest BCUT2D eigenvalue weighted by Crippen LogP contribution is 2.21. The molecule has 0 amide bonds. The van der Waals surface area contributed by atoms with Crippen molar-refractivity contribution in [2.45, 2.75) is 6.54 Å². The number of benzene rings is 3. The van der Waals surface area contributed by atoms with Gasteiger partial charge in [-0.1, -0.05) is 72.8 Å². The molecule has 0 aliphatic carbocycles.